The van der Waals surface area contributed by atoms with Gasteiger partial charge in [0.15, 0.2) is 0 Å². The van der Waals surface area contributed by atoms with Gasteiger partial charge in [-0.25, -0.2) is 0 Å². The van der Waals surface area contributed by atoms with Crippen molar-refractivity contribution in [1.29, 1.82) is 0 Å². The Morgan fingerprint density at radius 3 is 2.75 bits per heavy atom. The maximum absolute atomic E-state index is 8.98. The molecule has 1 rings (SSSR count). The molecule has 0 bridgehead atoms. The molecule has 0 aliphatic carbocycles. The van der Waals surface area contributed by atoms with Gasteiger partial charge < -0.3 is 5.11 Å². The van der Waals surface area contributed by atoms with Gasteiger partial charge in [0.05, 0.1) is 0 Å². The number of aryl methyl sites for hydroxylation is 1. The van der Waals surface area contributed by atoms with Crippen molar-refractivity contribution in [3.63, 3.8) is 0 Å². The van der Waals surface area contributed by atoms with Gasteiger partial charge in [-0.1, -0.05) is 40.5 Å². The van der Waals surface area contributed by atoms with Crippen LogP contribution in [0.4, 0.5) is 0 Å². The highest BCUT2D eigenvalue weighted by atomic mass is 79.9. The Bertz CT molecular complexity index is 271. The van der Waals surface area contributed by atoms with Gasteiger partial charge in [0.2, 0.25) is 0 Å². The van der Waals surface area contributed by atoms with Gasteiger partial charge in [0.25, 0.3) is 0 Å². The van der Waals surface area contributed by atoms with Crippen molar-refractivity contribution in [2.45, 2.75) is 19.8 Å². The molecule has 12 heavy (non-hydrogen) atoms. The number of hydrogen-bond donors (Lipinski definition) is 1. The van der Waals surface area contributed by atoms with Gasteiger partial charge in [-0.3, -0.25) is 0 Å². The van der Waals surface area contributed by atoms with Gasteiger partial charge in [-0.2, -0.15) is 0 Å². The first-order chi connectivity index (χ1) is 5.65. The second-order valence-electron chi connectivity index (χ2n) is 3.11. The van der Waals surface area contributed by atoms with Crippen LogP contribution in [0.25, 0.3) is 0 Å². The van der Waals surface area contributed by atoms with E-state index in [0.717, 1.165) is 4.47 Å². The van der Waals surface area contributed by atoms with Crippen LogP contribution >= 0.6 is 15.9 Å². The molecule has 0 spiro atoms. The minimum absolute atomic E-state index is 0.196. The molecule has 0 aromatic heterocycles. The first-order valence-corrected chi connectivity index (χ1v) is 4.81. The summed E-state index contributed by atoms with van der Waals surface area (Å²) in [6.45, 7) is 4.27. The number of hydrogen-bond acceptors (Lipinski definition) is 1. The molecular formula is C10H13BrO. The van der Waals surface area contributed by atoms with Crippen LogP contribution < -0.4 is 0 Å². The number of aliphatic hydroxyl groups excluding tert-OH is 1. The van der Waals surface area contributed by atoms with Crippen molar-refractivity contribution in [3.05, 3.63) is 33.8 Å². The predicted molar refractivity (Wildman–Crippen MR) is 54.4 cm³/mol. The molecule has 0 aliphatic heterocycles. The number of halogens is 1. The van der Waals surface area contributed by atoms with Crippen LogP contribution in [0, 0.1) is 6.92 Å². The van der Waals surface area contributed by atoms with Crippen molar-refractivity contribution in [2.24, 2.45) is 0 Å². The van der Waals surface area contributed by atoms with Crippen LogP contribution in [0.5, 0.6) is 0 Å². The second-order valence-corrected chi connectivity index (χ2v) is 3.96. The van der Waals surface area contributed by atoms with Crippen LogP contribution in [0.3, 0.4) is 0 Å². The molecule has 1 nitrogen and oxygen atoms in total. The minimum Gasteiger partial charge on any atom is -0.396 e. The fourth-order valence-electron chi connectivity index (χ4n) is 1.14. The molecule has 0 radical (unpaired) electrons. The quantitative estimate of drug-likeness (QED) is 0.826. The lowest BCUT2D eigenvalue weighted by atomic mass is 10.0. The van der Waals surface area contributed by atoms with Crippen molar-refractivity contribution in [1.82, 2.24) is 0 Å². The molecule has 1 unspecified atom stereocenters. The zero-order chi connectivity index (χ0) is 9.14. The Hall–Kier alpha value is -0.340. The summed E-state index contributed by atoms with van der Waals surface area (Å²) in [6, 6.07) is 6.18. The maximum Gasteiger partial charge on any atom is 0.0497 e. The Labute approximate surface area is 81.6 Å². The zero-order valence-electron chi connectivity index (χ0n) is 7.34. The highest BCUT2D eigenvalue weighted by Gasteiger charge is 2.07. The van der Waals surface area contributed by atoms with E-state index in [1.807, 2.05) is 13.0 Å². The molecule has 0 amide bonds. The minimum atomic E-state index is 0.196. The molecule has 1 aromatic rings. The van der Waals surface area contributed by atoms with Gasteiger partial charge in [-0.15, -0.1) is 0 Å². The lowest BCUT2D eigenvalue weighted by Crippen LogP contribution is -2.00. The Morgan fingerprint density at radius 1 is 1.50 bits per heavy atom. The zero-order valence-corrected chi connectivity index (χ0v) is 8.93. The molecule has 66 valence electrons. The van der Waals surface area contributed by atoms with E-state index < -0.39 is 0 Å². The summed E-state index contributed by atoms with van der Waals surface area (Å²) in [7, 11) is 0. The Morgan fingerprint density at radius 2 is 2.17 bits per heavy atom. The maximum atomic E-state index is 8.98. The van der Waals surface area contributed by atoms with Gasteiger partial charge in [0, 0.05) is 17.0 Å². The summed E-state index contributed by atoms with van der Waals surface area (Å²) >= 11 is 3.46. The monoisotopic (exact) mass is 228 g/mol. The molecule has 1 atom stereocenters. The summed E-state index contributed by atoms with van der Waals surface area (Å²) in [5.74, 6) is 0.208. The SMILES string of the molecule is Cc1ccc(Br)c(C(C)CO)c1. The van der Waals surface area contributed by atoms with Gasteiger partial charge in [0.1, 0.15) is 0 Å². The van der Waals surface area contributed by atoms with E-state index in [2.05, 4.69) is 35.0 Å². The van der Waals surface area contributed by atoms with E-state index in [-0.39, 0.29) is 12.5 Å². The van der Waals surface area contributed by atoms with Crippen LogP contribution in [-0.4, -0.2) is 11.7 Å². The van der Waals surface area contributed by atoms with E-state index in [1.165, 1.54) is 11.1 Å². The highest BCUT2D eigenvalue weighted by molar-refractivity contribution is 9.10. The molecule has 1 N–H and O–H groups in total. The van der Waals surface area contributed by atoms with Crippen molar-refractivity contribution in [3.8, 4) is 0 Å². The number of rotatable bonds is 2. The lowest BCUT2D eigenvalue weighted by Gasteiger charge is -2.11. The summed E-state index contributed by atoms with van der Waals surface area (Å²) < 4.78 is 1.08. The molecule has 0 heterocycles. The third-order valence-electron chi connectivity index (χ3n) is 1.96. The number of benzene rings is 1. The molecular weight excluding hydrogens is 216 g/mol. The smallest absolute Gasteiger partial charge is 0.0497 e. The highest BCUT2D eigenvalue weighted by Crippen LogP contribution is 2.25. The Kier molecular flexibility index (Phi) is 3.29. The van der Waals surface area contributed by atoms with E-state index in [1.54, 1.807) is 0 Å². The van der Waals surface area contributed by atoms with Crippen LogP contribution in [-0.2, 0) is 0 Å². The average molecular weight is 229 g/mol. The van der Waals surface area contributed by atoms with Crippen molar-refractivity contribution in [2.75, 3.05) is 6.61 Å². The second kappa shape index (κ2) is 4.06. The standard InChI is InChI=1S/C10H13BrO/c1-7-3-4-10(11)9(5-7)8(2)6-12/h3-5,8,12H,6H2,1-2H3. The van der Waals surface area contributed by atoms with Crippen LogP contribution in [0.15, 0.2) is 22.7 Å². The molecule has 0 aliphatic rings. The largest absolute Gasteiger partial charge is 0.396 e. The average Bonchev–Trinajstić information content (AvgIpc) is 2.08. The van der Waals surface area contributed by atoms with Crippen molar-refractivity contribution < 1.29 is 5.11 Å². The molecule has 0 saturated carbocycles. The van der Waals surface area contributed by atoms with Crippen LogP contribution in [0.2, 0.25) is 0 Å². The van der Waals surface area contributed by atoms with Crippen LogP contribution in [0.1, 0.15) is 24.0 Å². The summed E-state index contributed by atoms with van der Waals surface area (Å²) in [4.78, 5) is 0. The van der Waals surface area contributed by atoms with E-state index >= 15 is 0 Å². The van der Waals surface area contributed by atoms with Gasteiger partial charge in [-0.05, 0) is 18.6 Å². The fourth-order valence-corrected chi connectivity index (χ4v) is 1.78. The van der Waals surface area contributed by atoms with E-state index in [9.17, 15) is 0 Å². The van der Waals surface area contributed by atoms with E-state index in [4.69, 9.17) is 5.11 Å². The normalized spacial score (nSPS) is 13.0. The third-order valence-corrected chi connectivity index (χ3v) is 2.68. The third kappa shape index (κ3) is 2.08. The first kappa shape index (κ1) is 9.75. The van der Waals surface area contributed by atoms with Gasteiger partial charge >= 0.3 is 0 Å². The summed E-state index contributed by atoms with van der Waals surface area (Å²) in [5, 5.41) is 8.98. The van der Waals surface area contributed by atoms with Crippen molar-refractivity contribution >= 4 is 15.9 Å². The first-order valence-electron chi connectivity index (χ1n) is 4.02. The molecule has 1 aromatic carbocycles. The predicted octanol–water partition coefficient (Wildman–Crippen LogP) is 2.85. The fraction of sp³-hybridized carbons (Fsp3) is 0.400. The van der Waals surface area contributed by atoms with E-state index in [0.29, 0.717) is 0 Å². The topological polar surface area (TPSA) is 20.2 Å². The number of aliphatic hydroxyl groups is 1. The molecule has 0 saturated heterocycles. The molecule has 2 heteroatoms. The Balaban J connectivity index is 3.04. The summed E-state index contributed by atoms with van der Waals surface area (Å²) in [5.41, 5.74) is 2.41. The molecule has 0 fully saturated rings. The summed E-state index contributed by atoms with van der Waals surface area (Å²) in [6.07, 6.45) is 0. The lowest BCUT2D eigenvalue weighted by molar-refractivity contribution is 0.272.